The highest BCUT2D eigenvalue weighted by molar-refractivity contribution is 9.10. The van der Waals surface area contributed by atoms with Gasteiger partial charge in [-0.15, -0.1) is 0 Å². The first-order valence-electron chi connectivity index (χ1n) is 5.86. The van der Waals surface area contributed by atoms with Crippen LogP contribution in [0.25, 0.3) is 0 Å². The van der Waals surface area contributed by atoms with Crippen molar-refractivity contribution in [3.63, 3.8) is 0 Å². The molecule has 1 aromatic rings. The molecule has 0 saturated carbocycles. The summed E-state index contributed by atoms with van der Waals surface area (Å²) in [6, 6.07) is 6.66. The number of ether oxygens (including phenoxy) is 1. The molecule has 0 aromatic heterocycles. The maximum Gasteiger partial charge on any atom is 0.0569 e. The fourth-order valence-electron chi connectivity index (χ4n) is 2.65. The molecule has 2 aliphatic rings. The van der Waals surface area contributed by atoms with Crippen molar-refractivity contribution >= 4 is 27.5 Å². The van der Waals surface area contributed by atoms with Gasteiger partial charge in [-0.25, -0.2) is 0 Å². The van der Waals surface area contributed by atoms with Gasteiger partial charge >= 0.3 is 0 Å². The largest absolute Gasteiger partial charge is 0.380 e. The molecule has 0 bridgehead atoms. The third-order valence-corrected chi connectivity index (χ3v) is 5.10. The van der Waals surface area contributed by atoms with E-state index in [0.29, 0.717) is 11.5 Å². The lowest BCUT2D eigenvalue weighted by molar-refractivity contribution is -0.197. The highest BCUT2D eigenvalue weighted by Gasteiger charge is 2.50. The summed E-state index contributed by atoms with van der Waals surface area (Å²) < 4.78 is 6.26. The summed E-state index contributed by atoms with van der Waals surface area (Å²) >= 11 is 9.56. The number of hydrogen-bond donors (Lipinski definition) is 0. The number of benzene rings is 1. The molecule has 0 radical (unpaired) electrons. The fourth-order valence-corrected chi connectivity index (χ4v) is 3.08. The van der Waals surface area contributed by atoms with E-state index < -0.39 is 0 Å². The van der Waals surface area contributed by atoms with Gasteiger partial charge in [-0.05, 0) is 40.5 Å². The van der Waals surface area contributed by atoms with Crippen LogP contribution in [0, 0.1) is 5.41 Å². The minimum absolute atomic E-state index is 0.437. The maximum atomic E-state index is 6.13. The summed E-state index contributed by atoms with van der Waals surface area (Å²) in [5, 5.41) is 0.788. The molecule has 92 valence electrons. The Bertz CT molecular complexity index is 439. The van der Waals surface area contributed by atoms with E-state index in [1.54, 1.807) is 0 Å². The average molecular weight is 317 g/mol. The highest BCUT2D eigenvalue weighted by atomic mass is 79.9. The Balaban J connectivity index is 1.69. The van der Waals surface area contributed by atoms with Crippen LogP contribution in [-0.2, 0) is 4.74 Å². The second kappa shape index (κ2) is 4.23. The molecule has 1 spiro atoms. The van der Waals surface area contributed by atoms with Crippen molar-refractivity contribution < 1.29 is 4.74 Å². The Labute approximate surface area is 115 Å². The van der Waals surface area contributed by atoms with Crippen LogP contribution < -0.4 is 0 Å². The van der Waals surface area contributed by atoms with Crippen molar-refractivity contribution in [1.82, 2.24) is 4.90 Å². The molecule has 1 unspecified atom stereocenters. The van der Waals surface area contributed by atoms with Crippen molar-refractivity contribution in [2.24, 2.45) is 5.41 Å². The van der Waals surface area contributed by atoms with E-state index in [1.807, 2.05) is 6.07 Å². The Morgan fingerprint density at radius 1 is 1.41 bits per heavy atom. The smallest absolute Gasteiger partial charge is 0.0569 e. The third kappa shape index (κ3) is 2.03. The van der Waals surface area contributed by atoms with E-state index in [9.17, 15) is 0 Å². The quantitative estimate of drug-likeness (QED) is 0.828. The highest BCUT2D eigenvalue weighted by Crippen LogP contribution is 2.42. The van der Waals surface area contributed by atoms with Gasteiger partial charge in [-0.3, -0.25) is 4.90 Å². The minimum Gasteiger partial charge on any atom is -0.380 e. The molecule has 2 saturated heterocycles. The zero-order valence-corrected chi connectivity index (χ0v) is 12.1. The Morgan fingerprint density at radius 2 is 2.12 bits per heavy atom. The first-order chi connectivity index (χ1) is 8.10. The van der Waals surface area contributed by atoms with Crippen molar-refractivity contribution in [1.29, 1.82) is 0 Å². The summed E-state index contributed by atoms with van der Waals surface area (Å²) in [7, 11) is 0. The number of nitrogens with zero attached hydrogens (tertiary/aromatic N) is 1. The van der Waals surface area contributed by atoms with Crippen LogP contribution in [0.3, 0.4) is 0 Å². The number of halogens is 2. The maximum absolute atomic E-state index is 6.13. The molecule has 0 aliphatic carbocycles. The lowest BCUT2D eigenvalue weighted by atomic mass is 9.77. The Morgan fingerprint density at radius 3 is 2.65 bits per heavy atom. The van der Waals surface area contributed by atoms with E-state index in [2.05, 4.69) is 39.9 Å². The fraction of sp³-hybridized carbons (Fsp3) is 0.538. The van der Waals surface area contributed by atoms with Gasteiger partial charge in [0.1, 0.15) is 0 Å². The van der Waals surface area contributed by atoms with E-state index in [1.165, 1.54) is 5.56 Å². The molecule has 2 aliphatic heterocycles. The molecule has 17 heavy (non-hydrogen) atoms. The molecule has 2 heterocycles. The normalized spacial score (nSPS) is 24.2. The van der Waals surface area contributed by atoms with Crippen molar-refractivity contribution in [2.45, 2.75) is 13.0 Å². The molecule has 0 amide bonds. The molecule has 3 rings (SSSR count). The SMILES string of the molecule is CC(c1ccc(Br)c(Cl)c1)N1CC2(COC2)C1. The number of likely N-dealkylation sites (tertiary alicyclic amines) is 1. The van der Waals surface area contributed by atoms with Crippen molar-refractivity contribution in [3.05, 3.63) is 33.3 Å². The van der Waals surface area contributed by atoms with Crippen LogP contribution in [0.5, 0.6) is 0 Å². The lowest BCUT2D eigenvalue weighted by Gasteiger charge is -2.57. The van der Waals surface area contributed by atoms with Crippen LogP contribution in [0.2, 0.25) is 5.02 Å². The van der Waals surface area contributed by atoms with Crippen molar-refractivity contribution in [3.8, 4) is 0 Å². The first-order valence-corrected chi connectivity index (χ1v) is 7.04. The Kier molecular flexibility index (Phi) is 2.98. The summed E-state index contributed by atoms with van der Waals surface area (Å²) in [6.45, 7) is 6.43. The molecular formula is C13H15BrClNO. The summed E-state index contributed by atoms with van der Waals surface area (Å²) in [4.78, 5) is 2.49. The molecule has 1 aromatic carbocycles. The van der Waals surface area contributed by atoms with Gasteiger partial charge in [-0.2, -0.15) is 0 Å². The zero-order chi connectivity index (χ0) is 12.0. The van der Waals surface area contributed by atoms with Gasteiger partial charge in [-0.1, -0.05) is 17.7 Å². The minimum atomic E-state index is 0.437. The van der Waals surface area contributed by atoms with Gasteiger partial charge in [0.25, 0.3) is 0 Å². The molecule has 4 heteroatoms. The predicted molar refractivity (Wildman–Crippen MR) is 72.4 cm³/mol. The third-order valence-electron chi connectivity index (χ3n) is 3.87. The van der Waals surface area contributed by atoms with E-state index in [0.717, 1.165) is 35.8 Å². The van der Waals surface area contributed by atoms with Gasteiger partial charge in [0, 0.05) is 29.0 Å². The molecule has 1 atom stereocenters. The predicted octanol–water partition coefficient (Wildman–Crippen LogP) is 3.50. The van der Waals surface area contributed by atoms with Gasteiger partial charge < -0.3 is 4.74 Å². The second-order valence-electron chi connectivity index (χ2n) is 5.25. The average Bonchev–Trinajstić information content (AvgIpc) is 2.17. The van der Waals surface area contributed by atoms with Crippen LogP contribution >= 0.6 is 27.5 Å². The number of hydrogen-bond acceptors (Lipinski definition) is 2. The van der Waals surface area contributed by atoms with Crippen LogP contribution in [-0.4, -0.2) is 31.2 Å². The number of rotatable bonds is 2. The van der Waals surface area contributed by atoms with Crippen LogP contribution in [0.1, 0.15) is 18.5 Å². The standard InChI is InChI=1S/C13H15BrClNO/c1-9(10-2-3-11(14)12(15)4-10)16-5-13(6-16)7-17-8-13/h2-4,9H,5-8H2,1H3. The lowest BCUT2D eigenvalue weighted by Crippen LogP contribution is -2.66. The van der Waals surface area contributed by atoms with Crippen molar-refractivity contribution in [2.75, 3.05) is 26.3 Å². The van der Waals surface area contributed by atoms with Gasteiger partial charge in [0.2, 0.25) is 0 Å². The molecule has 2 fully saturated rings. The van der Waals surface area contributed by atoms with Gasteiger partial charge in [0.05, 0.1) is 18.2 Å². The van der Waals surface area contributed by atoms with Crippen LogP contribution in [0.4, 0.5) is 0 Å². The van der Waals surface area contributed by atoms with E-state index in [4.69, 9.17) is 16.3 Å². The second-order valence-corrected chi connectivity index (χ2v) is 6.51. The van der Waals surface area contributed by atoms with Crippen LogP contribution in [0.15, 0.2) is 22.7 Å². The monoisotopic (exact) mass is 315 g/mol. The molecule has 0 N–H and O–H groups in total. The van der Waals surface area contributed by atoms with Gasteiger partial charge in [0.15, 0.2) is 0 Å². The molecular weight excluding hydrogens is 302 g/mol. The van der Waals surface area contributed by atoms with E-state index in [-0.39, 0.29) is 0 Å². The topological polar surface area (TPSA) is 12.5 Å². The Hall–Kier alpha value is -0.0900. The summed E-state index contributed by atoms with van der Waals surface area (Å²) in [5.41, 5.74) is 1.77. The van der Waals surface area contributed by atoms with E-state index >= 15 is 0 Å². The molecule has 2 nitrogen and oxygen atoms in total. The zero-order valence-electron chi connectivity index (χ0n) is 9.75. The summed E-state index contributed by atoms with van der Waals surface area (Å²) in [5.74, 6) is 0. The summed E-state index contributed by atoms with van der Waals surface area (Å²) in [6.07, 6.45) is 0. The first kappa shape index (κ1) is 12.0.